The first-order valence-corrected chi connectivity index (χ1v) is 7.48. The molecule has 0 spiro atoms. The molecule has 3 rings (SSSR count). The molecule has 3 aromatic rings. The van der Waals surface area contributed by atoms with Crippen molar-refractivity contribution >= 4 is 44.5 Å². The number of nitrogens with two attached hydrogens (primary N) is 1. The topological polar surface area (TPSA) is 42.2 Å². The Balaban J connectivity index is 1.92. The first-order valence-electron chi connectivity index (χ1n) is 6.22. The number of nitrogens with zero attached hydrogens (tertiary/aromatic N) is 2. The van der Waals surface area contributed by atoms with E-state index in [1.807, 2.05) is 36.8 Å². The van der Waals surface area contributed by atoms with Crippen LogP contribution in [-0.2, 0) is 6.54 Å². The molecule has 0 amide bonds. The average molecular weight is 304 g/mol. The van der Waals surface area contributed by atoms with Gasteiger partial charge in [-0.1, -0.05) is 23.7 Å². The molecule has 102 valence electrons. The predicted octanol–water partition coefficient (Wildman–Crippen LogP) is 4.17. The van der Waals surface area contributed by atoms with Gasteiger partial charge in [0.05, 0.1) is 21.6 Å². The minimum Gasteiger partial charge on any atom is -0.395 e. The number of halogens is 1. The summed E-state index contributed by atoms with van der Waals surface area (Å²) in [7, 11) is 2.02. The van der Waals surface area contributed by atoms with Gasteiger partial charge in [-0.2, -0.15) is 0 Å². The highest BCUT2D eigenvalue weighted by atomic mass is 35.5. The minimum atomic E-state index is 0.730. The molecule has 5 heteroatoms. The van der Waals surface area contributed by atoms with Gasteiger partial charge in [-0.3, -0.25) is 0 Å². The van der Waals surface area contributed by atoms with Crippen molar-refractivity contribution < 1.29 is 0 Å². The molecule has 2 N–H and O–H groups in total. The number of aromatic nitrogens is 1. The Labute approximate surface area is 126 Å². The SMILES string of the molecule is CN(Cc1cccc(Cl)c1)c1ccc2scnc2c1N. The second kappa shape index (κ2) is 5.31. The zero-order valence-electron chi connectivity index (χ0n) is 11.0. The summed E-state index contributed by atoms with van der Waals surface area (Å²) in [4.78, 5) is 6.44. The van der Waals surface area contributed by atoms with E-state index in [0.717, 1.165) is 38.7 Å². The Morgan fingerprint density at radius 2 is 2.15 bits per heavy atom. The van der Waals surface area contributed by atoms with Gasteiger partial charge in [0, 0.05) is 18.6 Å². The lowest BCUT2D eigenvalue weighted by Crippen LogP contribution is -2.17. The first kappa shape index (κ1) is 13.2. The summed E-state index contributed by atoms with van der Waals surface area (Å²) in [6.45, 7) is 0.750. The van der Waals surface area contributed by atoms with E-state index < -0.39 is 0 Å². The minimum absolute atomic E-state index is 0.730. The van der Waals surface area contributed by atoms with E-state index in [0.29, 0.717) is 0 Å². The van der Waals surface area contributed by atoms with Crippen LogP contribution in [-0.4, -0.2) is 12.0 Å². The summed E-state index contributed by atoms with van der Waals surface area (Å²) in [5.74, 6) is 0. The van der Waals surface area contributed by atoms with Gasteiger partial charge in [0.25, 0.3) is 0 Å². The molecule has 0 aliphatic rings. The van der Waals surface area contributed by atoms with Crippen LogP contribution in [0, 0.1) is 0 Å². The number of hydrogen-bond donors (Lipinski definition) is 1. The summed E-state index contributed by atoms with van der Waals surface area (Å²) in [5.41, 5.74) is 11.8. The van der Waals surface area contributed by atoms with Crippen LogP contribution in [0.5, 0.6) is 0 Å². The van der Waals surface area contributed by atoms with Crippen LogP contribution in [0.1, 0.15) is 5.56 Å². The molecular weight excluding hydrogens is 290 g/mol. The third-order valence-electron chi connectivity index (χ3n) is 3.24. The highest BCUT2D eigenvalue weighted by Gasteiger charge is 2.11. The van der Waals surface area contributed by atoms with Crippen molar-refractivity contribution in [2.75, 3.05) is 17.7 Å². The molecule has 0 atom stereocenters. The molecule has 0 radical (unpaired) electrons. The number of rotatable bonds is 3. The Bertz CT molecular complexity index is 754. The molecule has 2 aromatic carbocycles. The van der Waals surface area contributed by atoms with Gasteiger partial charge < -0.3 is 10.6 Å². The number of benzene rings is 2. The fraction of sp³-hybridized carbons (Fsp3) is 0.133. The van der Waals surface area contributed by atoms with Gasteiger partial charge in [0.15, 0.2) is 0 Å². The molecule has 1 aromatic heterocycles. The number of fused-ring (bicyclic) bond motifs is 1. The molecule has 3 nitrogen and oxygen atoms in total. The van der Waals surface area contributed by atoms with Crippen molar-refractivity contribution in [2.45, 2.75) is 6.54 Å². The van der Waals surface area contributed by atoms with Crippen LogP contribution in [0.25, 0.3) is 10.2 Å². The fourth-order valence-corrected chi connectivity index (χ4v) is 3.17. The summed E-state index contributed by atoms with van der Waals surface area (Å²) in [5, 5.41) is 0.749. The van der Waals surface area contributed by atoms with Gasteiger partial charge in [-0.25, -0.2) is 4.98 Å². The molecule has 0 aliphatic carbocycles. The molecule has 0 bridgehead atoms. The predicted molar refractivity (Wildman–Crippen MR) is 87.6 cm³/mol. The van der Waals surface area contributed by atoms with Crippen molar-refractivity contribution in [3.63, 3.8) is 0 Å². The molecule has 20 heavy (non-hydrogen) atoms. The molecular formula is C15H14ClN3S. The van der Waals surface area contributed by atoms with E-state index in [4.69, 9.17) is 17.3 Å². The third kappa shape index (κ3) is 2.44. The smallest absolute Gasteiger partial charge is 0.106 e. The average Bonchev–Trinajstić information content (AvgIpc) is 2.88. The lowest BCUT2D eigenvalue weighted by molar-refractivity contribution is 0.926. The van der Waals surface area contributed by atoms with Gasteiger partial charge in [0.1, 0.15) is 5.52 Å². The van der Waals surface area contributed by atoms with E-state index >= 15 is 0 Å². The maximum atomic E-state index is 6.22. The number of thiazole rings is 1. The standard InChI is InChI=1S/C15H14ClN3S/c1-19(8-10-3-2-4-11(16)7-10)12-5-6-13-15(14(12)17)18-9-20-13/h2-7,9H,8,17H2,1H3. The van der Waals surface area contributed by atoms with Gasteiger partial charge >= 0.3 is 0 Å². The fourth-order valence-electron chi connectivity index (χ4n) is 2.27. The maximum Gasteiger partial charge on any atom is 0.106 e. The van der Waals surface area contributed by atoms with E-state index in [-0.39, 0.29) is 0 Å². The lowest BCUT2D eigenvalue weighted by atomic mass is 10.2. The zero-order chi connectivity index (χ0) is 14.1. The van der Waals surface area contributed by atoms with E-state index in [2.05, 4.69) is 22.0 Å². The van der Waals surface area contributed by atoms with Crippen molar-refractivity contribution in [3.8, 4) is 0 Å². The molecule has 0 saturated heterocycles. The van der Waals surface area contributed by atoms with Crippen LogP contribution in [0.15, 0.2) is 41.9 Å². The molecule has 1 heterocycles. The number of hydrogen-bond acceptors (Lipinski definition) is 4. The monoisotopic (exact) mass is 303 g/mol. The second-order valence-electron chi connectivity index (χ2n) is 4.68. The van der Waals surface area contributed by atoms with Gasteiger partial charge in [-0.15, -0.1) is 11.3 Å². The highest BCUT2D eigenvalue weighted by Crippen LogP contribution is 2.32. The first-order chi connectivity index (χ1) is 9.65. The van der Waals surface area contributed by atoms with Crippen molar-refractivity contribution in [3.05, 3.63) is 52.5 Å². The van der Waals surface area contributed by atoms with Gasteiger partial charge in [-0.05, 0) is 29.8 Å². The van der Waals surface area contributed by atoms with Gasteiger partial charge in [0.2, 0.25) is 0 Å². The summed E-state index contributed by atoms with van der Waals surface area (Å²) >= 11 is 7.62. The van der Waals surface area contributed by atoms with Crippen LogP contribution in [0.2, 0.25) is 5.02 Å². The van der Waals surface area contributed by atoms with Crippen molar-refractivity contribution in [1.82, 2.24) is 4.98 Å². The van der Waals surface area contributed by atoms with E-state index in [9.17, 15) is 0 Å². The highest BCUT2D eigenvalue weighted by molar-refractivity contribution is 7.16. The quantitative estimate of drug-likeness (QED) is 0.738. The largest absolute Gasteiger partial charge is 0.395 e. The maximum absolute atomic E-state index is 6.22. The molecule has 0 fully saturated rings. The summed E-state index contributed by atoms with van der Waals surface area (Å²) < 4.78 is 1.11. The van der Waals surface area contributed by atoms with Crippen LogP contribution >= 0.6 is 22.9 Å². The number of nitrogen functional groups attached to an aromatic ring is 1. The van der Waals surface area contributed by atoms with E-state index in [1.165, 1.54) is 0 Å². The molecule has 0 saturated carbocycles. The Kier molecular flexibility index (Phi) is 3.51. The summed E-state index contributed by atoms with van der Waals surface area (Å²) in [6.07, 6.45) is 0. The van der Waals surface area contributed by atoms with Crippen molar-refractivity contribution in [2.24, 2.45) is 0 Å². The Morgan fingerprint density at radius 1 is 1.30 bits per heavy atom. The molecule has 0 unspecified atom stereocenters. The summed E-state index contributed by atoms with van der Waals surface area (Å²) in [6, 6.07) is 12.0. The van der Waals surface area contributed by atoms with Crippen LogP contribution < -0.4 is 10.6 Å². The second-order valence-corrected chi connectivity index (χ2v) is 6.01. The van der Waals surface area contributed by atoms with Crippen molar-refractivity contribution in [1.29, 1.82) is 0 Å². The lowest BCUT2D eigenvalue weighted by Gasteiger charge is -2.21. The Morgan fingerprint density at radius 3 is 2.95 bits per heavy atom. The van der Waals surface area contributed by atoms with E-state index in [1.54, 1.807) is 11.3 Å². The number of anilines is 2. The zero-order valence-corrected chi connectivity index (χ0v) is 12.6. The van der Waals surface area contributed by atoms with Crippen LogP contribution in [0.3, 0.4) is 0 Å². The molecule has 0 aliphatic heterocycles. The third-order valence-corrected chi connectivity index (χ3v) is 4.27. The Hall–Kier alpha value is -1.78. The normalized spacial score (nSPS) is 10.9. The van der Waals surface area contributed by atoms with Crippen LogP contribution in [0.4, 0.5) is 11.4 Å².